The molecule has 0 aliphatic rings. The van der Waals surface area contributed by atoms with Crippen LogP contribution in [0.2, 0.25) is 5.02 Å². The van der Waals surface area contributed by atoms with Crippen molar-refractivity contribution in [2.24, 2.45) is 0 Å². The van der Waals surface area contributed by atoms with Crippen molar-refractivity contribution in [1.29, 1.82) is 0 Å². The van der Waals surface area contributed by atoms with Gasteiger partial charge in [-0.3, -0.25) is 9.59 Å². The van der Waals surface area contributed by atoms with Crippen molar-refractivity contribution in [3.8, 4) is 0 Å². The van der Waals surface area contributed by atoms with Gasteiger partial charge >= 0.3 is 5.97 Å². The number of sulfonamides is 1. The molecule has 0 saturated heterocycles. The van der Waals surface area contributed by atoms with Crippen LogP contribution in [0.15, 0.2) is 23.1 Å². The maximum atomic E-state index is 12.1. The third-order valence-corrected chi connectivity index (χ3v) is 5.43. The molecule has 0 heterocycles. The molecule has 11 heteroatoms. The molecule has 0 bridgehead atoms. The van der Waals surface area contributed by atoms with E-state index in [9.17, 15) is 22.8 Å². The van der Waals surface area contributed by atoms with Gasteiger partial charge in [0.15, 0.2) is 6.61 Å². The number of hydrogen-bond acceptors (Lipinski definition) is 6. The quantitative estimate of drug-likeness (QED) is 0.558. The smallest absolute Gasteiger partial charge is 0.340 e. The normalized spacial score (nSPS) is 11.1. The van der Waals surface area contributed by atoms with Gasteiger partial charge in [-0.2, -0.15) is 0 Å². The van der Waals surface area contributed by atoms with Gasteiger partial charge in [-0.1, -0.05) is 18.5 Å². The van der Waals surface area contributed by atoms with Gasteiger partial charge in [-0.15, -0.1) is 0 Å². The second-order valence-electron chi connectivity index (χ2n) is 5.63. The minimum absolute atomic E-state index is 0.0166. The largest absolute Gasteiger partial charge is 0.452 e. The Morgan fingerprint density at radius 2 is 1.81 bits per heavy atom. The Balaban J connectivity index is 2.70. The summed E-state index contributed by atoms with van der Waals surface area (Å²) in [7, 11) is -1.06. The van der Waals surface area contributed by atoms with Gasteiger partial charge in [0, 0.05) is 20.6 Å². The molecule has 27 heavy (non-hydrogen) atoms. The standard InChI is InChI=1S/C16H22ClN3O6S/c1-4-7-18-14(21)9-19-15(22)10-26-16(23)12-8-11(5-6-13(12)17)27(24,25)20(2)3/h5-6,8H,4,7,9-10H2,1-3H3,(H,18,21)(H,19,22). The maximum Gasteiger partial charge on any atom is 0.340 e. The van der Waals surface area contributed by atoms with Gasteiger partial charge in [0.25, 0.3) is 5.91 Å². The summed E-state index contributed by atoms with van der Waals surface area (Å²) < 4.78 is 30.1. The van der Waals surface area contributed by atoms with E-state index >= 15 is 0 Å². The number of rotatable bonds is 9. The first-order valence-corrected chi connectivity index (χ1v) is 9.84. The van der Waals surface area contributed by atoms with Crippen molar-refractivity contribution in [3.05, 3.63) is 28.8 Å². The average molecular weight is 420 g/mol. The Kier molecular flexibility index (Phi) is 8.67. The third-order valence-electron chi connectivity index (χ3n) is 3.29. The summed E-state index contributed by atoms with van der Waals surface area (Å²) in [6.45, 7) is 1.51. The molecule has 9 nitrogen and oxygen atoms in total. The van der Waals surface area contributed by atoms with Gasteiger partial charge in [-0.05, 0) is 24.6 Å². The first-order chi connectivity index (χ1) is 12.6. The van der Waals surface area contributed by atoms with Crippen LogP contribution in [0.25, 0.3) is 0 Å². The Bertz CT molecular complexity index is 810. The minimum Gasteiger partial charge on any atom is -0.452 e. The third kappa shape index (κ3) is 6.81. The lowest BCUT2D eigenvalue weighted by Crippen LogP contribution is -2.38. The molecule has 0 aliphatic carbocycles. The van der Waals surface area contributed by atoms with E-state index in [1.165, 1.54) is 26.2 Å². The predicted octanol–water partition coefficient (Wildman–Crippen LogP) is 0.390. The van der Waals surface area contributed by atoms with Crippen LogP contribution in [-0.2, 0) is 24.3 Å². The lowest BCUT2D eigenvalue weighted by Gasteiger charge is -2.13. The van der Waals surface area contributed by atoms with Gasteiger partial charge in [0.2, 0.25) is 15.9 Å². The summed E-state index contributed by atoms with van der Waals surface area (Å²) >= 11 is 5.92. The van der Waals surface area contributed by atoms with Crippen molar-refractivity contribution in [3.63, 3.8) is 0 Å². The van der Waals surface area contributed by atoms with Gasteiger partial charge < -0.3 is 15.4 Å². The van der Waals surface area contributed by atoms with E-state index in [2.05, 4.69) is 10.6 Å². The Morgan fingerprint density at radius 1 is 1.15 bits per heavy atom. The SMILES string of the molecule is CCCNC(=O)CNC(=O)COC(=O)c1cc(S(=O)(=O)N(C)C)ccc1Cl. The first-order valence-electron chi connectivity index (χ1n) is 8.02. The molecule has 150 valence electrons. The summed E-state index contributed by atoms with van der Waals surface area (Å²) in [5, 5.41) is 4.86. The molecule has 2 amide bonds. The van der Waals surface area contributed by atoms with Crippen molar-refractivity contribution >= 4 is 39.4 Å². The minimum atomic E-state index is -3.76. The zero-order valence-corrected chi connectivity index (χ0v) is 16.8. The Labute approximate surface area is 163 Å². The van der Waals surface area contributed by atoms with Crippen molar-refractivity contribution in [2.45, 2.75) is 18.2 Å². The zero-order chi connectivity index (χ0) is 20.6. The zero-order valence-electron chi connectivity index (χ0n) is 15.2. The number of esters is 1. The lowest BCUT2D eigenvalue weighted by molar-refractivity contribution is -0.127. The fourth-order valence-electron chi connectivity index (χ4n) is 1.80. The van der Waals surface area contributed by atoms with Gasteiger partial charge in [-0.25, -0.2) is 17.5 Å². The van der Waals surface area contributed by atoms with Crippen molar-refractivity contribution < 1.29 is 27.5 Å². The number of amides is 2. The molecule has 0 saturated carbocycles. The summed E-state index contributed by atoms with van der Waals surface area (Å²) in [6.07, 6.45) is 0.765. The summed E-state index contributed by atoms with van der Waals surface area (Å²) in [4.78, 5) is 35.0. The number of halogens is 1. The highest BCUT2D eigenvalue weighted by Crippen LogP contribution is 2.22. The van der Waals surface area contributed by atoms with Crippen LogP contribution in [0, 0.1) is 0 Å². The van der Waals surface area contributed by atoms with E-state index in [-0.39, 0.29) is 27.9 Å². The molecule has 1 aromatic carbocycles. The number of carbonyl (C=O) groups excluding carboxylic acids is 3. The van der Waals surface area contributed by atoms with Crippen LogP contribution < -0.4 is 10.6 Å². The topological polar surface area (TPSA) is 122 Å². The van der Waals surface area contributed by atoms with Gasteiger partial charge in [0.05, 0.1) is 22.0 Å². The van der Waals surface area contributed by atoms with E-state index in [0.29, 0.717) is 6.54 Å². The fraction of sp³-hybridized carbons (Fsp3) is 0.438. The van der Waals surface area contributed by atoms with Crippen molar-refractivity contribution in [2.75, 3.05) is 33.8 Å². The molecule has 0 fully saturated rings. The number of ether oxygens (including phenoxy) is 1. The molecule has 0 atom stereocenters. The Morgan fingerprint density at radius 3 is 2.41 bits per heavy atom. The average Bonchev–Trinajstić information content (AvgIpc) is 2.62. The highest BCUT2D eigenvalue weighted by Gasteiger charge is 2.22. The predicted molar refractivity (Wildman–Crippen MR) is 98.9 cm³/mol. The fourth-order valence-corrected chi connectivity index (χ4v) is 2.92. The molecule has 0 aromatic heterocycles. The van der Waals surface area contributed by atoms with Crippen LogP contribution >= 0.6 is 11.6 Å². The molecule has 0 unspecified atom stereocenters. The van der Waals surface area contributed by atoms with Gasteiger partial charge in [0.1, 0.15) is 0 Å². The Hall–Kier alpha value is -2.17. The van der Waals surface area contributed by atoms with Crippen molar-refractivity contribution in [1.82, 2.24) is 14.9 Å². The summed E-state index contributed by atoms with van der Waals surface area (Å²) in [6, 6.07) is 3.60. The molecule has 2 N–H and O–H groups in total. The molecular formula is C16H22ClN3O6S. The molecule has 0 spiro atoms. The van der Waals surface area contributed by atoms with Crippen LogP contribution in [0.3, 0.4) is 0 Å². The highest BCUT2D eigenvalue weighted by atomic mass is 35.5. The van der Waals surface area contributed by atoms with E-state index in [1.807, 2.05) is 6.92 Å². The van der Waals surface area contributed by atoms with Crippen LogP contribution in [0.5, 0.6) is 0 Å². The van der Waals surface area contributed by atoms with E-state index in [4.69, 9.17) is 16.3 Å². The second-order valence-corrected chi connectivity index (χ2v) is 8.19. The van der Waals surface area contributed by atoms with Crippen LogP contribution in [0.1, 0.15) is 23.7 Å². The van der Waals surface area contributed by atoms with Crippen LogP contribution in [0.4, 0.5) is 0 Å². The first kappa shape index (κ1) is 22.9. The summed E-state index contributed by atoms with van der Waals surface area (Å²) in [5.41, 5.74) is -0.187. The maximum absolute atomic E-state index is 12.1. The molecule has 0 radical (unpaired) electrons. The monoisotopic (exact) mass is 419 g/mol. The molecule has 1 rings (SSSR count). The number of hydrogen-bond donors (Lipinski definition) is 2. The lowest BCUT2D eigenvalue weighted by atomic mass is 10.2. The number of benzene rings is 1. The second kappa shape index (κ2) is 10.2. The highest BCUT2D eigenvalue weighted by molar-refractivity contribution is 7.89. The molecule has 1 aromatic rings. The number of nitrogens with zero attached hydrogens (tertiary/aromatic N) is 1. The molecule has 0 aliphatic heterocycles. The summed E-state index contributed by atoms with van der Waals surface area (Å²) in [5.74, 6) is -1.99. The van der Waals surface area contributed by atoms with E-state index in [0.717, 1.165) is 16.8 Å². The van der Waals surface area contributed by atoms with E-state index < -0.39 is 28.5 Å². The molecular weight excluding hydrogens is 398 g/mol. The number of carbonyl (C=O) groups is 3. The van der Waals surface area contributed by atoms with E-state index in [1.54, 1.807) is 0 Å². The number of nitrogens with one attached hydrogen (secondary N) is 2. The van der Waals surface area contributed by atoms with Crippen LogP contribution in [-0.4, -0.2) is 64.3 Å².